The molecular formula is C17H18N2O. The molecule has 0 radical (unpaired) electrons. The summed E-state index contributed by atoms with van der Waals surface area (Å²) in [5.41, 5.74) is 3.26. The van der Waals surface area contributed by atoms with E-state index in [4.69, 9.17) is 4.74 Å². The van der Waals surface area contributed by atoms with E-state index in [9.17, 15) is 5.26 Å². The van der Waals surface area contributed by atoms with Crippen LogP contribution in [0.1, 0.15) is 31.0 Å². The van der Waals surface area contributed by atoms with Gasteiger partial charge in [-0.3, -0.25) is 0 Å². The van der Waals surface area contributed by atoms with Gasteiger partial charge < -0.3 is 4.74 Å². The van der Waals surface area contributed by atoms with E-state index in [0.717, 1.165) is 29.7 Å². The van der Waals surface area contributed by atoms with Gasteiger partial charge in [-0.05, 0) is 25.0 Å². The van der Waals surface area contributed by atoms with E-state index in [1.807, 2.05) is 43.3 Å². The van der Waals surface area contributed by atoms with Crippen molar-refractivity contribution in [3.63, 3.8) is 0 Å². The molecule has 0 fully saturated rings. The number of nitriles is 1. The maximum absolute atomic E-state index is 9.44. The lowest BCUT2D eigenvalue weighted by molar-refractivity contribution is 0.296. The van der Waals surface area contributed by atoms with E-state index in [-0.39, 0.29) is 0 Å². The highest BCUT2D eigenvalue weighted by molar-refractivity contribution is 5.72. The minimum Gasteiger partial charge on any atom is -0.477 e. The Balaban J connectivity index is 2.44. The van der Waals surface area contributed by atoms with Crippen LogP contribution in [-0.2, 0) is 0 Å². The molecular weight excluding hydrogens is 248 g/mol. The summed E-state index contributed by atoms with van der Waals surface area (Å²) in [6.45, 7) is 4.61. The number of unbranched alkanes of at least 4 members (excludes halogenated alkanes) is 1. The average molecular weight is 266 g/mol. The molecule has 0 saturated heterocycles. The summed E-state index contributed by atoms with van der Waals surface area (Å²) >= 11 is 0. The summed E-state index contributed by atoms with van der Waals surface area (Å²) in [4.78, 5) is 4.36. The third-order valence-electron chi connectivity index (χ3n) is 3.05. The van der Waals surface area contributed by atoms with E-state index in [1.54, 1.807) is 0 Å². The molecule has 0 bridgehead atoms. The highest BCUT2D eigenvalue weighted by Crippen LogP contribution is 2.29. The lowest BCUT2D eigenvalue weighted by Crippen LogP contribution is -2.03. The van der Waals surface area contributed by atoms with Gasteiger partial charge in [0.15, 0.2) is 0 Å². The van der Waals surface area contributed by atoms with E-state index in [1.165, 1.54) is 0 Å². The van der Waals surface area contributed by atoms with Gasteiger partial charge >= 0.3 is 0 Å². The Morgan fingerprint density at radius 1 is 1.25 bits per heavy atom. The van der Waals surface area contributed by atoms with Crippen molar-refractivity contribution in [3.05, 3.63) is 47.7 Å². The minimum atomic E-state index is 0.444. The van der Waals surface area contributed by atoms with E-state index < -0.39 is 0 Å². The third-order valence-corrected chi connectivity index (χ3v) is 3.05. The molecule has 0 unspecified atom stereocenters. The van der Waals surface area contributed by atoms with Gasteiger partial charge in [0.25, 0.3) is 0 Å². The summed E-state index contributed by atoms with van der Waals surface area (Å²) in [6, 6.07) is 14.0. The van der Waals surface area contributed by atoms with Gasteiger partial charge in [-0.25, -0.2) is 4.98 Å². The molecule has 0 aliphatic carbocycles. The van der Waals surface area contributed by atoms with Crippen LogP contribution < -0.4 is 4.74 Å². The Hall–Kier alpha value is -2.34. The first kappa shape index (κ1) is 14.1. The number of hydrogen-bond acceptors (Lipinski definition) is 3. The molecule has 0 amide bonds. The molecule has 0 aliphatic heterocycles. The molecule has 0 spiro atoms. The smallest absolute Gasteiger partial charge is 0.232 e. The summed E-state index contributed by atoms with van der Waals surface area (Å²) in [5, 5.41) is 9.44. The summed E-state index contributed by atoms with van der Waals surface area (Å²) in [6.07, 6.45) is 2.01. The van der Waals surface area contributed by atoms with Crippen molar-refractivity contribution < 1.29 is 4.74 Å². The van der Waals surface area contributed by atoms with Gasteiger partial charge in [-0.1, -0.05) is 43.7 Å². The van der Waals surface area contributed by atoms with E-state index >= 15 is 0 Å². The Morgan fingerprint density at radius 3 is 2.65 bits per heavy atom. The van der Waals surface area contributed by atoms with Crippen molar-refractivity contribution >= 4 is 0 Å². The largest absolute Gasteiger partial charge is 0.477 e. The highest BCUT2D eigenvalue weighted by Gasteiger charge is 2.13. The molecule has 1 aromatic heterocycles. The Labute approximate surface area is 119 Å². The van der Waals surface area contributed by atoms with Crippen molar-refractivity contribution in [3.8, 4) is 23.1 Å². The lowest BCUT2D eigenvalue weighted by Gasteiger charge is -2.11. The lowest BCUT2D eigenvalue weighted by atomic mass is 10.0. The van der Waals surface area contributed by atoms with Crippen molar-refractivity contribution in [2.75, 3.05) is 6.61 Å². The molecule has 3 nitrogen and oxygen atoms in total. The van der Waals surface area contributed by atoms with Crippen molar-refractivity contribution in [1.82, 2.24) is 4.98 Å². The van der Waals surface area contributed by atoms with Crippen LogP contribution in [0.5, 0.6) is 5.88 Å². The third kappa shape index (κ3) is 3.16. The monoisotopic (exact) mass is 266 g/mol. The van der Waals surface area contributed by atoms with Gasteiger partial charge in [0.1, 0.15) is 11.6 Å². The van der Waals surface area contributed by atoms with Gasteiger partial charge in [-0.15, -0.1) is 0 Å². The van der Waals surface area contributed by atoms with Gasteiger partial charge in [-0.2, -0.15) is 5.26 Å². The number of aromatic nitrogens is 1. The fraction of sp³-hybridized carbons (Fsp3) is 0.294. The molecule has 102 valence electrons. The SMILES string of the molecule is CCCCOc1nc(C)cc(-c2ccccc2)c1C#N. The second-order valence-electron chi connectivity index (χ2n) is 4.67. The van der Waals surface area contributed by atoms with Gasteiger partial charge in [0.2, 0.25) is 5.88 Å². The summed E-state index contributed by atoms with van der Waals surface area (Å²) in [5.74, 6) is 0.444. The predicted molar refractivity (Wildman–Crippen MR) is 79.5 cm³/mol. The van der Waals surface area contributed by atoms with Crippen LogP contribution in [-0.4, -0.2) is 11.6 Å². The molecule has 1 heterocycles. The van der Waals surface area contributed by atoms with Gasteiger partial charge in [0.05, 0.1) is 6.61 Å². The fourth-order valence-corrected chi connectivity index (χ4v) is 2.02. The number of ether oxygens (including phenoxy) is 1. The number of aryl methyl sites for hydroxylation is 1. The molecule has 0 atom stereocenters. The Bertz CT molecular complexity index is 615. The zero-order valence-electron chi connectivity index (χ0n) is 11.9. The quantitative estimate of drug-likeness (QED) is 0.765. The second kappa shape index (κ2) is 6.72. The predicted octanol–water partition coefficient (Wildman–Crippen LogP) is 4.11. The molecule has 0 aliphatic rings. The molecule has 1 aromatic carbocycles. The maximum atomic E-state index is 9.44. The molecule has 2 aromatic rings. The van der Waals surface area contributed by atoms with Crippen molar-refractivity contribution in [2.24, 2.45) is 0 Å². The molecule has 0 saturated carbocycles. The highest BCUT2D eigenvalue weighted by atomic mass is 16.5. The van der Waals surface area contributed by atoms with E-state index in [0.29, 0.717) is 18.1 Å². The fourth-order valence-electron chi connectivity index (χ4n) is 2.02. The first-order valence-electron chi connectivity index (χ1n) is 6.86. The Kier molecular flexibility index (Phi) is 4.73. The zero-order chi connectivity index (χ0) is 14.4. The average Bonchev–Trinajstić information content (AvgIpc) is 2.48. The van der Waals surface area contributed by atoms with Crippen LogP contribution in [0.2, 0.25) is 0 Å². The van der Waals surface area contributed by atoms with Gasteiger partial charge in [0, 0.05) is 11.3 Å². The molecule has 20 heavy (non-hydrogen) atoms. The molecule has 0 N–H and O–H groups in total. The Morgan fingerprint density at radius 2 is 2.00 bits per heavy atom. The molecule has 3 heteroatoms. The van der Waals surface area contributed by atoms with Crippen molar-refractivity contribution in [1.29, 1.82) is 5.26 Å². The number of pyridine rings is 1. The standard InChI is InChI=1S/C17H18N2O/c1-3-4-10-20-17-16(12-18)15(11-13(2)19-17)14-8-6-5-7-9-14/h5-9,11H,3-4,10H2,1-2H3. The van der Waals surface area contributed by atoms with Crippen LogP contribution in [0.4, 0.5) is 0 Å². The van der Waals surface area contributed by atoms with Crippen LogP contribution in [0.3, 0.4) is 0 Å². The summed E-state index contributed by atoms with van der Waals surface area (Å²) in [7, 11) is 0. The zero-order valence-corrected chi connectivity index (χ0v) is 11.9. The normalized spacial score (nSPS) is 10.1. The minimum absolute atomic E-state index is 0.444. The van der Waals surface area contributed by atoms with E-state index in [2.05, 4.69) is 18.0 Å². The van der Waals surface area contributed by atoms with Crippen LogP contribution in [0.25, 0.3) is 11.1 Å². The van der Waals surface area contributed by atoms with Crippen LogP contribution in [0, 0.1) is 18.3 Å². The first-order valence-corrected chi connectivity index (χ1v) is 6.86. The number of nitrogens with zero attached hydrogens (tertiary/aromatic N) is 2. The topological polar surface area (TPSA) is 45.9 Å². The second-order valence-corrected chi connectivity index (χ2v) is 4.67. The number of benzene rings is 1. The maximum Gasteiger partial charge on any atom is 0.232 e. The van der Waals surface area contributed by atoms with Crippen LogP contribution >= 0.6 is 0 Å². The molecule has 2 rings (SSSR count). The van der Waals surface area contributed by atoms with Crippen LogP contribution in [0.15, 0.2) is 36.4 Å². The number of hydrogen-bond donors (Lipinski definition) is 0. The first-order chi connectivity index (χ1) is 9.76. The van der Waals surface area contributed by atoms with Crippen molar-refractivity contribution in [2.45, 2.75) is 26.7 Å². The number of rotatable bonds is 5. The summed E-state index contributed by atoms with van der Waals surface area (Å²) < 4.78 is 5.68.